The number of carboxylic acids is 1. The fourth-order valence-electron chi connectivity index (χ4n) is 2.56. The molecule has 23 heavy (non-hydrogen) atoms. The van der Waals surface area contributed by atoms with Gasteiger partial charge < -0.3 is 14.1 Å². The summed E-state index contributed by atoms with van der Waals surface area (Å²) in [5.74, 6) is -2.64. The van der Waals surface area contributed by atoms with Crippen LogP contribution in [0.25, 0.3) is 0 Å². The molecule has 0 radical (unpaired) electrons. The van der Waals surface area contributed by atoms with E-state index in [9.17, 15) is 28.3 Å². The summed E-state index contributed by atoms with van der Waals surface area (Å²) in [6.45, 7) is 0. The third-order valence-corrected chi connectivity index (χ3v) is 5.75. The number of aliphatic carboxylic acids is 1. The highest BCUT2D eigenvalue weighted by molar-refractivity contribution is 8.00. The molecule has 1 fully saturated rings. The molecule has 10 heteroatoms. The number of hydrogen-bond donors (Lipinski definition) is 2. The summed E-state index contributed by atoms with van der Waals surface area (Å²) in [6, 6.07) is 2.78. The molecule has 0 bridgehead atoms. The van der Waals surface area contributed by atoms with E-state index in [0.717, 1.165) is 4.90 Å². The first-order valence-corrected chi connectivity index (χ1v) is 8.71. The van der Waals surface area contributed by atoms with Crippen molar-refractivity contribution in [3.05, 3.63) is 35.4 Å². The number of nitrogens with zero attached hydrogens (tertiary/aromatic N) is 1. The molecule has 3 heterocycles. The highest BCUT2D eigenvalue weighted by Crippen LogP contribution is 2.41. The number of carboxylic acid groups (broad SMARTS) is 1. The van der Waals surface area contributed by atoms with Crippen molar-refractivity contribution in [3.8, 4) is 0 Å². The summed E-state index contributed by atoms with van der Waals surface area (Å²) in [4.78, 5) is 36.7. The van der Waals surface area contributed by atoms with Gasteiger partial charge >= 0.3 is 5.97 Å². The topological polar surface area (TPSA) is 125 Å². The van der Waals surface area contributed by atoms with Gasteiger partial charge in [0.1, 0.15) is 5.70 Å². The summed E-state index contributed by atoms with van der Waals surface area (Å²) >= 11 is -1.39. The van der Waals surface area contributed by atoms with Crippen molar-refractivity contribution in [1.82, 2.24) is 4.90 Å². The van der Waals surface area contributed by atoms with E-state index in [1.54, 1.807) is 0 Å². The van der Waals surface area contributed by atoms with Gasteiger partial charge in [-0.3, -0.25) is 14.5 Å². The molecule has 2 aliphatic rings. The van der Waals surface area contributed by atoms with Gasteiger partial charge in [0, 0.05) is 5.75 Å². The number of fused-ring (bicyclic) bond motifs is 1. The zero-order chi connectivity index (χ0) is 16.7. The van der Waals surface area contributed by atoms with Crippen LogP contribution in [0.15, 0.2) is 34.1 Å². The number of Topliss-reactive ketones (excluding diaryl/α,β-unsaturated/α-hetero) is 1. The van der Waals surface area contributed by atoms with Crippen LogP contribution < -0.4 is 0 Å². The average molecular weight is 357 g/mol. The SMILES string of the molecule is O=C(O)C1=C(C(C(=O)c2ccco2)S(=O)O)CSC2CC(=O)N12. The molecule has 0 aromatic carbocycles. The second kappa shape index (κ2) is 5.95. The number of hydrogen-bond acceptors (Lipinski definition) is 6. The Morgan fingerprint density at radius 1 is 1.48 bits per heavy atom. The Kier molecular flexibility index (Phi) is 4.13. The van der Waals surface area contributed by atoms with Crippen LogP contribution in [0.3, 0.4) is 0 Å². The maximum atomic E-state index is 12.4. The maximum Gasteiger partial charge on any atom is 0.352 e. The van der Waals surface area contributed by atoms with E-state index in [-0.39, 0.29) is 40.5 Å². The Hall–Kier alpha value is -1.91. The molecular weight excluding hydrogens is 346 g/mol. The average Bonchev–Trinajstić information content (AvgIpc) is 3.00. The minimum absolute atomic E-state index is 0.0472. The summed E-state index contributed by atoms with van der Waals surface area (Å²) in [7, 11) is 0. The molecule has 1 amide bonds. The van der Waals surface area contributed by atoms with E-state index in [4.69, 9.17) is 4.42 Å². The van der Waals surface area contributed by atoms with Crippen LogP contribution in [0.4, 0.5) is 0 Å². The third-order valence-electron chi connectivity index (χ3n) is 3.61. The van der Waals surface area contributed by atoms with Crippen molar-refractivity contribution in [2.24, 2.45) is 0 Å². The number of ketones is 1. The largest absolute Gasteiger partial charge is 0.477 e. The molecule has 1 saturated heterocycles. The lowest BCUT2D eigenvalue weighted by Crippen LogP contribution is -2.55. The lowest BCUT2D eigenvalue weighted by molar-refractivity contribution is -0.146. The highest BCUT2D eigenvalue weighted by Gasteiger charge is 2.48. The number of β-lactam (4-membered cyclic amide) rings is 1. The number of furan rings is 1. The zero-order valence-electron chi connectivity index (χ0n) is 11.5. The molecule has 8 nitrogen and oxygen atoms in total. The Labute approximate surface area is 136 Å². The van der Waals surface area contributed by atoms with Gasteiger partial charge in [0.2, 0.25) is 11.7 Å². The molecular formula is C13H11NO7S2. The lowest BCUT2D eigenvalue weighted by atomic mass is 10.0. The van der Waals surface area contributed by atoms with E-state index in [0.29, 0.717) is 0 Å². The second-order valence-corrected chi connectivity index (χ2v) is 7.10. The normalized spacial score (nSPS) is 23.1. The summed E-state index contributed by atoms with van der Waals surface area (Å²) in [5, 5.41) is 7.52. The van der Waals surface area contributed by atoms with Crippen molar-refractivity contribution in [2.75, 3.05) is 5.75 Å². The Morgan fingerprint density at radius 3 is 2.74 bits per heavy atom. The van der Waals surface area contributed by atoms with E-state index in [1.807, 2.05) is 0 Å². The number of thioether (sulfide) groups is 1. The first-order chi connectivity index (χ1) is 10.9. The van der Waals surface area contributed by atoms with Crippen molar-refractivity contribution < 1.29 is 32.7 Å². The van der Waals surface area contributed by atoms with Gasteiger partial charge in [-0.2, -0.15) is 0 Å². The monoisotopic (exact) mass is 357 g/mol. The minimum Gasteiger partial charge on any atom is -0.477 e. The first-order valence-electron chi connectivity index (χ1n) is 6.49. The quantitative estimate of drug-likeness (QED) is 0.448. The third kappa shape index (κ3) is 2.62. The van der Waals surface area contributed by atoms with Crippen LogP contribution in [0.1, 0.15) is 17.0 Å². The molecule has 122 valence electrons. The fraction of sp³-hybridized carbons (Fsp3) is 0.308. The van der Waals surface area contributed by atoms with Crippen molar-refractivity contribution in [3.63, 3.8) is 0 Å². The Morgan fingerprint density at radius 2 is 2.22 bits per heavy atom. The molecule has 0 spiro atoms. The smallest absolute Gasteiger partial charge is 0.352 e. The van der Waals surface area contributed by atoms with Crippen molar-refractivity contribution >= 4 is 40.5 Å². The van der Waals surface area contributed by atoms with Gasteiger partial charge in [0.25, 0.3) is 0 Å². The van der Waals surface area contributed by atoms with Crippen LogP contribution in [-0.2, 0) is 20.7 Å². The van der Waals surface area contributed by atoms with Crippen molar-refractivity contribution in [1.29, 1.82) is 0 Å². The summed E-state index contributed by atoms with van der Waals surface area (Å²) in [6.07, 6.45) is 1.45. The Balaban J connectivity index is 2.08. The highest BCUT2D eigenvalue weighted by atomic mass is 32.2. The first kappa shape index (κ1) is 16.0. The minimum atomic E-state index is -2.65. The molecule has 2 N–H and O–H groups in total. The standard InChI is InChI=1S/C13H11NO7S2/c15-8-4-9-14(8)10(13(17)18)6(5-22-9)12(23(19)20)11(16)7-2-1-3-21-7/h1-3,9,12H,4-5H2,(H,17,18)(H,19,20). The van der Waals surface area contributed by atoms with Crippen LogP contribution in [0.5, 0.6) is 0 Å². The molecule has 2 aliphatic heterocycles. The molecule has 3 atom stereocenters. The van der Waals surface area contributed by atoms with Crippen LogP contribution in [0, 0.1) is 0 Å². The fourth-order valence-corrected chi connectivity index (χ4v) is 4.71. The summed E-state index contributed by atoms with van der Waals surface area (Å²) in [5.41, 5.74) is -0.425. The van der Waals surface area contributed by atoms with Gasteiger partial charge in [-0.25, -0.2) is 9.00 Å². The predicted molar refractivity (Wildman–Crippen MR) is 80.0 cm³/mol. The predicted octanol–water partition coefficient (Wildman–Crippen LogP) is 0.697. The molecule has 1 aromatic heterocycles. The van der Waals surface area contributed by atoms with Crippen LogP contribution >= 0.6 is 11.8 Å². The Bertz CT molecular complexity index is 740. The molecule has 3 unspecified atom stereocenters. The van der Waals surface area contributed by atoms with Crippen LogP contribution in [-0.4, -0.2) is 52.8 Å². The number of carbonyl (C=O) groups excluding carboxylic acids is 2. The van der Waals surface area contributed by atoms with E-state index in [2.05, 4.69) is 0 Å². The molecule has 3 rings (SSSR count). The maximum absolute atomic E-state index is 12.4. The van der Waals surface area contributed by atoms with E-state index < -0.39 is 28.1 Å². The molecule has 1 aromatic rings. The molecule has 0 aliphatic carbocycles. The summed E-state index contributed by atoms with van der Waals surface area (Å²) < 4.78 is 26.2. The lowest BCUT2D eigenvalue weighted by Gasteiger charge is -2.44. The van der Waals surface area contributed by atoms with Crippen LogP contribution in [0.2, 0.25) is 0 Å². The number of carbonyl (C=O) groups is 3. The van der Waals surface area contributed by atoms with E-state index >= 15 is 0 Å². The van der Waals surface area contributed by atoms with Crippen molar-refractivity contribution in [2.45, 2.75) is 17.0 Å². The second-order valence-electron chi connectivity index (χ2n) is 4.91. The molecule has 0 saturated carbocycles. The number of rotatable bonds is 5. The number of amides is 1. The van der Waals surface area contributed by atoms with Gasteiger partial charge in [-0.15, -0.1) is 11.8 Å². The van der Waals surface area contributed by atoms with Gasteiger partial charge in [-0.1, -0.05) is 0 Å². The van der Waals surface area contributed by atoms with Gasteiger partial charge in [0.05, 0.1) is 18.1 Å². The van der Waals surface area contributed by atoms with E-state index in [1.165, 1.54) is 30.2 Å². The van der Waals surface area contributed by atoms with Gasteiger partial charge in [-0.05, 0) is 17.7 Å². The van der Waals surface area contributed by atoms with Gasteiger partial charge in [0.15, 0.2) is 22.1 Å². The zero-order valence-corrected chi connectivity index (χ0v) is 13.1.